The second-order valence-corrected chi connectivity index (χ2v) is 5.68. The van der Waals surface area contributed by atoms with Crippen LogP contribution in [0.2, 0.25) is 0 Å². The number of pyridine rings is 1. The Labute approximate surface area is 150 Å². The van der Waals surface area contributed by atoms with Crippen LogP contribution in [0.3, 0.4) is 0 Å². The Morgan fingerprint density at radius 1 is 1.04 bits per heavy atom. The number of halogens is 1. The molecule has 26 heavy (non-hydrogen) atoms. The van der Waals surface area contributed by atoms with E-state index >= 15 is 0 Å². The molecule has 1 heterocycles. The molecule has 1 aromatic heterocycles. The van der Waals surface area contributed by atoms with E-state index in [1.54, 1.807) is 12.1 Å². The first-order valence-corrected chi connectivity index (χ1v) is 8.01. The highest BCUT2D eigenvalue weighted by molar-refractivity contribution is 5.96. The highest BCUT2D eigenvalue weighted by atomic mass is 19.1. The Kier molecular flexibility index (Phi) is 5.43. The van der Waals surface area contributed by atoms with Gasteiger partial charge in [-0.3, -0.25) is 0 Å². The molecule has 5 nitrogen and oxygen atoms in total. The predicted octanol–water partition coefficient (Wildman–Crippen LogP) is 4.16. The molecule has 132 valence electrons. The number of nitrogens with zero attached hydrogens (tertiary/aromatic N) is 2. The van der Waals surface area contributed by atoms with Gasteiger partial charge < -0.3 is 15.3 Å². The molecule has 6 heteroatoms. The van der Waals surface area contributed by atoms with Crippen LogP contribution in [0.4, 0.5) is 4.39 Å². The van der Waals surface area contributed by atoms with Gasteiger partial charge in [0.05, 0.1) is 0 Å². The zero-order valence-corrected chi connectivity index (χ0v) is 14.2. The molecule has 0 radical (unpaired) electrons. The smallest absolute Gasteiger partial charge is 0.219 e. The van der Waals surface area contributed by atoms with Crippen molar-refractivity contribution in [2.75, 3.05) is 0 Å². The minimum atomic E-state index is -0.324. The van der Waals surface area contributed by atoms with Gasteiger partial charge in [0, 0.05) is 17.8 Å². The normalized spacial score (nSPS) is 11.2. The first-order chi connectivity index (χ1) is 12.6. The van der Waals surface area contributed by atoms with Gasteiger partial charge in [-0.2, -0.15) is 0 Å². The van der Waals surface area contributed by atoms with Gasteiger partial charge in [-0.1, -0.05) is 35.0 Å². The van der Waals surface area contributed by atoms with Crippen LogP contribution in [-0.4, -0.2) is 10.8 Å². The van der Waals surface area contributed by atoms with E-state index in [4.69, 9.17) is 15.3 Å². The van der Waals surface area contributed by atoms with E-state index in [9.17, 15) is 4.39 Å². The highest BCUT2D eigenvalue weighted by Gasteiger charge is 2.03. The Morgan fingerprint density at radius 2 is 1.77 bits per heavy atom. The van der Waals surface area contributed by atoms with Gasteiger partial charge in [0.25, 0.3) is 0 Å². The van der Waals surface area contributed by atoms with Crippen LogP contribution >= 0.6 is 0 Å². The number of hydrogen-bond acceptors (Lipinski definition) is 4. The summed E-state index contributed by atoms with van der Waals surface area (Å²) in [4.78, 5) is 9.44. The van der Waals surface area contributed by atoms with Crippen molar-refractivity contribution >= 4 is 5.84 Å². The summed E-state index contributed by atoms with van der Waals surface area (Å²) in [5.41, 5.74) is 8.71. The molecule has 0 aliphatic carbocycles. The van der Waals surface area contributed by atoms with E-state index < -0.39 is 0 Å². The second-order valence-electron chi connectivity index (χ2n) is 5.68. The number of benzene rings is 2. The van der Waals surface area contributed by atoms with Crippen molar-refractivity contribution in [1.29, 1.82) is 0 Å². The van der Waals surface area contributed by atoms with Crippen LogP contribution in [0.25, 0.3) is 0 Å². The fraction of sp³-hybridized carbons (Fsp3) is 0.100. The average molecular weight is 351 g/mol. The summed E-state index contributed by atoms with van der Waals surface area (Å²) in [5.74, 6) is 0.761. The molecular formula is C20H18FN3O2. The molecule has 0 saturated carbocycles. The molecule has 3 rings (SSSR count). The van der Waals surface area contributed by atoms with Crippen molar-refractivity contribution in [2.45, 2.75) is 13.5 Å². The van der Waals surface area contributed by atoms with E-state index in [1.165, 1.54) is 36.0 Å². The van der Waals surface area contributed by atoms with Crippen molar-refractivity contribution in [3.05, 3.63) is 89.4 Å². The maximum absolute atomic E-state index is 12.9. The number of ether oxygens (including phenoxy) is 1. The number of amidine groups is 1. The van der Waals surface area contributed by atoms with Crippen molar-refractivity contribution in [2.24, 2.45) is 10.9 Å². The van der Waals surface area contributed by atoms with Gasteiger partial charge in [-0.15, -0.1) is 0 Å². The number of oxime groups is 1. The highest BCUT2D eigenvalue weighted by Crippen LogP contribution is 2.19. The quantitative estimate of drug-likeness (QED) is 0.411. The van der Waals surface area contributed by atoms with Gasteiger partial charge in [-0.05, 0) is 42.8 Å². The number of aryl methyl sites for hydroxylation is 1. The Hall–Kier alpha value is -3.41. The SMILES string of the molecule is Cc1ccc(CO/N=C(/N)c2ccc(Oc3ccc(F)cc3)nc2)cc1. The van der Waals surface area contributed by atoms with E-state index in [0.717, 1.165) is 5.56 Å². The standard InChI is InChI=1S/C20H18FN3O2/c1-14-2-4-15(5-3-14)13-25-24-20(22)16-6-11-19(23-12-16)26-18-9-7-17(21)8-10-18/h2-12H,13H2,1H3,(H2,22,24). The summed E-state index contributed by atoms with van der Waals surface area (Å²) < 4.78 is 18.4. The summed E-state index contributed by atoms with van der Waals surface area (Å²) in [6.07, 6.45) is 1.53. The van der Waals surface area contributed by atoms with Gasteiger partial charge in [0.1, 0.15) is 18.2 Å². The first-order valence-electron chi connectivity index (χ1n) is 8.01. The summed E-state index contributed by atoms with van der Waals surface area (Å²) in [6.45, 7) is 2.36. The molecular weight excluding hydrogens is 333 g/mol. The molecule has 0 saturated heterocycles. The molecule has 0 aliphatic rings. The van der Waals surface area contributed by atoms with E-state index in [2.05, 4.69) is 10.1 Å². The molecule has 0 amide bonds. The van der Waals surface area contributed by atoms with Gasteiger partial charge in [0.2, 0.25) is 5.88 Å². The van der Waals surface area contributed by atoms with Crippen LogP contribution in [0.1, 0.15) is 16.7 Å². The lowest BCUT2D eigenvalue weighted by Crippen LogP contribution is -2.14. The third kappa shape index (κ3) is 4.80. The Balaban J connectivity index is 1.58. The lowest BCUT2D eigenvalue weighted by atomic mass is 10.2. The number of hydrogen-bond donors (Lipinski definition) is 1. The number of nitrogens with two attached hydrogens (primary N) is 1. The molecule has 0 fully saturated rings. The third-order valence-corrected chi connectivity index (χ3v) is 3.58. The van der Waals surface area contributed by atoms with Crippen LogP contribution < -0.4 is 10.5 Å². The average Bonchev–Trinajstić information content (AvgIpc) is 2.66. The lowest BCUT2D eigenvalue weighted by Gasteiger charge is -2.06. The van der Waals surface area contributed by atoms with Gasteiger partial charge in [0.15, 0.2) is 5.84 Å². The van der Waals surface area contributed by atoms with E-state index in [-0.39, 0.29) is 11.7 Å². The third-order valence-electron chi connectivity index (χ3n) is 3.58. The van der Waals surface area contributed by atoms with Crippen molar-refractivity contribution in [3.8, 4) is 11.6 Å². The summed E-state index contributed by atoms with van der Waals surface area (Å²) in [5, 5.41) is 3.91. The summed E-state index contributed by atoms with van der Waals surface area (Å²) in [7, 11) is 0. The molecule has 2 aromatic carbocycles. The molecule has 0 spiro atoms. The van der Waals surface area contributed by atoms with Crippen LogP contribution in [0, 0.1) is 12.7 Å². The second kappa shape index (κ2) is 8.11. The first kappa shape index (κ1) is 17.4. The zero-order chi connectivity index (χ0) is 18.4. The van der Waals surface area contributed by atoms with Crippen molar-refractivity contribution in [1.82, 2.24) is 4.98 Å². The van der Waals surface area contributed by atoms with Crippen LogP contribution in [0.5, 0.6) is 11.6 Å². The molecule has 0 unspecified atom stereocenters. The molecule has 3 aromatic rings. The van der Waals surface area contributed by atoms with Crippen LogP contribution in [-0.2, 0) is 11.4 Å². The zero-order valence-electron chi connectivity index (χ0n) is 14.2. The molecule has 0 aliphatic heterocycles. The maximum atomic E-state index is 12.9. The Morgan fingerprint density at radius 3 is 2.42 bits per heavy atom. The fourth-order valence-corrected chi connectivity index (χ4v) is 2.13. The van der Waals surface area contributed by atoms with E-state index in [0.29, 0.717) is 23.8 Å². The van der Waals surface area contributed by atoms with Crippen LogP contribution in [0.15, 0.2) is 72.0 Å². The number of aromatic nitrogens is 1. The summed E-state index contributed by atoms with van der Waals surface area (Å²) in [6, 6.07) is 17.0. The largest absolute Gasteiger partial charge is 0.439 e. The lowest BCUT2D eigenvalue weighted by molar-refractivity contribution is 0.130. The minimum absolute atomic E-state index is 0.220. The summed E-state index contributed by atoms with van der Waals surface area (Å²) >= 11 is 0. The van der Waals surface area contributed by atoms with Crippen molar-refractivity contribution in [3.63, 3.8) is 0 Å². The molecule has 0 bridgehead atoms. The van der Waals surface area contributed by atoms with Gasteiger partial charge in [-0.25, -0.2) is 9.37 Å². The monoisotopic (exact) mass is 351 g/mol. The van der Waals surface area contributed by atoms with Gasteiger partial charge >= 0.3 is 0 Å². The predicted molar refractivity (Wildman–Crippen MR) is 97.4 cm³/mol. The van der Waals surface area contributed by atoms with Crippen molar-refractivity contribution < 1.29 is 14.0 Å². The molecule has 2 N–H and O–H groups in total. The maximum Gasteiger partial charge on any atom is 0.219 e. The number of rotatable bonds is 6. The van der Waals surface area contributed by atoms with E-state index in [1.807, 2.05) is 31.2 Å². The fourth-order valence-electron chi connectivity index (χ4n) is 2.13. The minimum Gasteiger partial charge on any atom is -0.439 e. The molecule has 0 atom stereocenters. The Bertz CT molecular complexity index is 876. The topological polar surface area (TPSA) is 69.7 Å².